The third kappa shape index (κ3) is 3.27. The van der Waals surface area contributed by atoms with Gasteiger partial charge in [-0.15, -0.1) is 11.3 Å². The lowest BCUT2D eigenvalue weighted by Crippen LogP contribution is -2.57. The molecule has 1 aromatic rings. The summed E-state index contributed by atoms with van der Waals surface area (Å²) in [5, 5.41) is 15.1. The van der Waals surface area contributed by atoms with Gasteiger partial charge in [0.25, 0.3) is 0 Å². The Bertz CT molecular complexity index is 515. The van der Waals surface area contributed by atoms with Crippen LogP contribution in [-0.2, 0) is 4.79 Å². The quantitative estimate of drug-likeness (QED) is 0.797. The zero-order valence-corrected chi connectivity index (χ0v) is 13.4. The van der Waals surface area contributed by atoms with Crippen LogP contribution in [0.15, 0.2) is 0 Å². The normalized spacial score (nSPS) is 12.1. The number of aryl methyl sites for hydroxylation is 2. The van der Waals surface area contributed by atoms with Crippen LogP contribution in [0.5, 0.6) is 0 Å². The van der Waals surface area contributed by atoms with Crippen molar-refractivity contribution in [2.75, 3.05) is 5.32 Å². The number of nitrogens with one attached hydrogen (secondary N) is 2. The molecule has 112 valence electrons. The van der Waals surface area contributed by atoms with Gasteiger partial charge in [-0.1, -0.05) is 0 Å². The summed E-state index contributed by atoms with van der Waals surface area (Å²) < 4.78 is 0. The molecule has 0 radical (unpaired) electrons. The van der Waals surface area contributed by atoms with E-state index in [1.807, 2.05) is 13.8 Å². The molecule has 20 heavy (non-hydrogen) atoms. The first-order valence-electron chi connectivity index (χ1n) is 6.24. The molecule has 2 amide bonds. The molecule has 1 rings (SSSR count). The lowest BCUT2D eigenvalue weighted by Gasteiger charge is -2.38. The molecule has 0 fully saturated rings. The van der Waals surface area contributed by atoms with Gasteiger partial charge < -0.3 is 10.4 Å². The van der Waals surface area contributed by atoms with Gasteiger partial charge in [0.05, 0.1) is 16.6 Å². The summed E-state index contributed by atoms with van der Waals surface area (Å²) in [6, 6.07) is -0.460. The number of carboxylic acid groups (broad SMARTS) is 1. The van der Waals surface area contributed by atoms with Crippen LogP contribution in [0.2, 0.25) is 0 Å². The van der Waals surface area contributed by atoms with Gasteiger partial charge in [-0.25, -0.2) is 9.78 Å². The van der Waals surface area contributed by atoms with Crippen LogP contribution in [0.1, 0.15) is 38.3 Å². The van der Waals surface area contributed by atoms with Crippen molar-refractivity contribution in [2.45, 2.75) is 47.1 Å². The number of rotatable bonds is 4. The number of aliphatic carboxylic acids is 1. The molecule has 0 spiro atoms. The lowest BCUT2D eigenvalue weighted by molar-refractivity contribution is -0.150. The monoisotopic (exact) mass is 299 g/mol. The van der Waals surface area contributed by atoms with Crippen molar-refractivity contribution in [3.05, 3.63) is 10.6 Å². The third-order valence-corrected chi connectivity index (χ3v) is 4.76. The highest BCUT2D eigenvalue weighted by atomic mass is 32.1. The average Bonchev–Trinajstić information content (AvgIpc) is 2.55. The molecular weight excluding hydrogens is 278 g/mol. The molecule has 0 saturated carbocycles. The average molecular weight is 299 g/mol. The maximum atomic E-state index is 12.0. The first kappa shape index (κ1) is 16.4. The van der Waals surface area contributed by atoms with Crippen molar-refractivity contribution in [1.29, 1.82) is 0 Å². The number of aromatic nitrogens is 1. The molecule has 7 heteroatoms. The maximum Gasteiger partial charge on any atom is 0.321 e. The van der Waals surface area contributed by atoms with Crippen LogP contribution in [0.4, 0.5) is 9.93 Å². The van der Waals surface area contributed by atoms with E-state index in [1.54, 1.807) is 27.7 Å². The van der Waals surface area contributed by atoms with E-state index < -0.39 is 23.0 Å². The number of amides is 2. The topological polar surface area (TPSA) is 91.3 Å². The van der Waals surface area contributed by atoms with Gasteiger partial charge in [0.1, 0.15) is 0 Å². The lowest BCUT2D eigenvalue weighted by atomic mass is 9.74. The minimum absolute atomic E-state index is 0.460. The second kappa shape index (κ2) is 5.40. The number of hydrogen-bond acceptors (Lipinski definition) is 4. The highest BCUT2D eigenvalue weighted by Gasteiger charge is 2.44. The van der Waals surface area contributed by atoms with Crippen LogP contribution in [-0.4, -0.2) is 27.6 Å². The predicted molar refractivity (Wildman–Crippen MR) is 79.2 cm³/mol. The fourth-order valence-corrected chi connectivity index (χ4v) is 2.17. The Morgan fingerprint density at radius 1 is 1.20 bits per heavy atom. The predicted octanol–water partition coefficient (Wildman–Crippen LogP) is 2.77. The van der Waals surface area contributed by atoms with Gasteiger partial charge in [-0.05, 0) is 41.5 Å². The molecule has 0 atom stereocenters. The number of carbonyl (C=O) groups is 2. The van der Waals surface area contributed by atoms with E-state index in [-0.39, 0.29) is 0 Å². The van der Waals surface area contributed by atoms with Gasteiger partial charge in [-0.3, -0.25) is 10.1 Å². The first-order chi connectivity index (χ1) is 8.97. The molecule has 0 aromatic carbocycles. The minimum atomic E-state index is -1.10. The molecule has 3 N–H and O–H groups in total. The summed E-state index contributed by atoms with van der Waals surface area (Å²) in [6.45, 7) is 10.3. The molecule has 0 aliphatic heterocycles. The van der Waals surface area contributed by atoms with Crippen molar-refractivity contribution in [3.8, 4) is 0 Å². The van der Waals surface area contributed by atoms with Gasteiger partial charge in [0.15, 0.2) is 5.13 Å². The fourth-order valence-electron chi connectivity index (χ4n) is 1.36. The molecule has 1 aromatic heterocycles. The summed E-state index contributed by atoms with van der Waals surface area (Å²) in [4.78, 5) is 28.5. The first-order valence-corrected chi connectivity index (χ1v) is 7.05. The summed E-state index contributed by atoms with van der Waals surface area (Å²) in [6.07, 6.45) is 0. The zero-order valence-electron chi connectivity index (χ0n) is 12.6. The van der Waals surface area contributed by atoms with Crippen molar-refractivity contribution in [1.82, 2.24) is 10.3 Å². The number of urea groups is 1. The van der Waals surface area contributed by atoms with Gasteiger partial charge in [-0.2, -0.15) is 0 Å². The molecular formula is C13H21N3O3S. The smallest absolute Gasteiger partial charge is 0.321 e. The molecule has 0 unspecified atom stereocenters. The number of hydrogen-bond donors (Lipinski definition) is 3. The van der Waals surface area contributed by atoms with Gasteiger partial charge >= 0.3 is 12.0 Å². The Morgan fingerprint density at radius 2 is 1.75 bits per heavy atom. The van der Waals surface area contributed by atoms with Crippen LogP contribution in [0.3, 0.4) is 0 Å². The Kier molecular flexibility index (Phi) is 4.43. The summed E-state index contributed by atoms with van der Waals surface area (Å²) in [7, 11) is 0. The summed E-state index contributed by atoms with van der Waals surface area (Å²) in [5.74, 6) is -0.969. The van der Waals surface area contributed by atoms with E-state index in [2.05, 4.69) is 15.6 Å². The molecule has 1 heterocycles. The molecule has 0 aliphatic rings. The van der Waals surface area contributed by atoms with Gasteiger partial charge in [0, 0.05) is 4.88 Å². The van der Waals surface area contributed by atoms with Crippen LogP contribution >= 0.6 is 11.3 Å². The minimum Gasteiger partial charge on any atom is -0.481 e. The molecule has 0 bridgehead atoms. The second-order valence-corrected chi connectivity index (χ2v) is 7.00. The Hall–Kier alpha value is -1.63. The van der Waals surface area contributed by atoms with Crippen molar-refractivity contribution >= 4 is 28.5 Å². The third-order valence-electron chi connectivity index (χ3n) is 3.77. The maximum absolute atomic E-state index is 12.0. The molecule has 0 aliphatic carbocycles. The van der Waals surface area contributed by atoms with Crippen molar-refractivity contribution in [2.24, 2.45) is 5.41 Å². The second-order valence-electron chi connectivity index (χ2n) is 5.79. The largest absolute Gasteiger partial charge is 0.481 e. The Balaban J connectivity index is 2.77. The SMILES string of the molecule is Cc1nc(NC(=O)NC(C)(C)C(C)(C)C(=O)O)sc1C. The van der Waals surface area contributed by atoms with E-state index in [0.29, 0.717) is 5.13 Å². The zero-order chi connectivity index (χ0) is 15.7. The van der Waals surface area contributed by atoms with Gasteiger partial charge in [0.2, 0.25) is 0 Å². The fraction of sp³-hybridized carbons (Fsp3) is 0.615. The van der Waals surface area contributed by atoms with Crippen LogP contribution in [0, 0.1) is 19.3 Å². The Morgan fingerprint density at radius 3 is 2.15 bits per heavy atom. The van der Waals surface area contributed by atoms with E-state index >= 15 is 0 Å². The highest BCUT2D eigenvalue weighted by Crippen LogP contribution is 2.31. The summed E-state index contributed by atoms with van der Waals surface area (Å²) >= 11 is 1.38. The molecule has 6 nitrogen and oxygen atoms in total. The van der Waals surface area contributed by atoms with Crippen LogP contribution < -0.4 is 10.6 Å². The van der Waals surface area contributed by atoms with Crippen molar-refractivity contribution < 1.29 is 14.7 Å². The number of carbonyl (C=O) groups excluding carboxylic acids is 1. The van der Waals surface area contributed by atoms with E-state index in [0.717, 1.165) is 10.6 Å². The number of thiazole rings is 1. The summed E-state index contributed by atoms with van der Waals surface area (Å²) in [5.41, 5.74) is -1.14. The standard InChI is InChI=1S/C13H21N3O3S/c1-7-8(2)20-11(14-7)15-10(19)16-13(5,6)12(3,4)9(17)18/h1-6H3,(H,17,18)(H2,14,15,16,19). The van der Waals surface area contributed by atoms with Crippen molar-refractivity contribution in [3.63, 3.8) is 0 Å². The number of carboxylic acids is 1. The van der Waals surface area contributed by atoms with E-state index in [4.69, 9.17) is 0 Å². The van der Waals surface area contributed by atoms with E-state index in [9.17, 15) is 14.7 Å². The number of anilines is 1. The van der Waals surface area contributed by atoms with E-state index in [1.165, 1.54) is 11.3 Å². The van der Waals surface area contributed by atoms with Crippen LogP contribution in [0.25, 0.3) is 0 Å². The highest BCUT2D eigenvalue weighted by molar-refractivity contribution is 7.15. The Labute approximate surface area is 122 Å². The number of nitrogens with zero attached hydrogens (tertiary/aromatic N) is 1. The molecule has 0 saturated heterocycles.